The van der Waals surface area contributed by atoms with E-state index >= 15 is 0 Å². The number of allylic oxidation sites excluding steroid dienone is 1. The quantitative estimate of drug-likeness (QED) is 0.248. The highest BCUT2D eigenvalue weighted by molar-refractivity contribution is 5.99. The zero-order valence-electron chi connectivity index (χ0n) is 21.2. The van der Waals surface area contributed by atoms with Crippen LogP contribution in [0.3, 0.4) is 0 Å². The second kappa shape index (κ2) is 11.2. The van der Waals surface area contributed by atoms with E-state index < -0.39 is 17.2 Å². The largest absolute Gasteiger partial charge is 0.454 e. The minimum absolute atomic E-state index is 0.133. The number of para-hydroxylation sites is 1. The second-order valence-corrected chi connectivity index (χ2v) is 9.16. The molecule has 0 bridgehead atoms. The molecule has 9 nitrogen and oxygen atoms in total. The molecule has 0 saturated heterocycles. The van der Waals surface area contributed by atoms with E-state index in [-0.39, 0.29) is 43.0 Å². The maximum absolute atomic E-state index is 13.4. The fourth-order valence-electron chi connectivity index (χ4n) is 4.52. The van der Waals surface area contributed by atoms with Crippen molar-refractivity contribution in [1.82, 2.24) is 9.13 Å². The van der Waals surface area contributed by atoms with Crippen LogP contribution < -0.4 is 26.0 Å². The van der Waals surface area contributed by atoms with E-state index in [1.54, 1.807) is 42.5 Å². The van der Waals surface area contributed by atoms with Crippen molar-refractivity contribution in [2.75, 3.05) is 12.1 Å². The predicted molar refractivity (Wildman–Crippen MR) is 148 cm³/mol. The molecule has 0 radical (unpaired) electrons. The number of aromatic nitrogens is 2. The van der Waals surface area contributed by atoms with E-state index in [1.807, 2.05) is 24.3 Å². The molecule has 5 rings (SSSR count). The molecule has 0 saturated carbocycles. The third-order valence-corrected chi connectivity index (χ3v) is 6.54. The number of rotatable bonds is 10. The summed E-state index contributed by atoms with van der Waals surface area (Å²) < 4.78 is 13.1. The Labute approximate surface area is 223 Å². The molecular formula is C30H27N3O6. The minimum Gasteiger partial charge on any atom is -0.454 e. The normalized spacial score (nSPS) is 11.9. The number of benzene rings is 3. The van der Waals surface area contributed by atoms with Crippen molar-refractivity contribution >= 4 is 28.3 Å². The highest BCUT2D eigenvalue weighted by Gasteiger charge is 2.18. The fourth-order valence-corrected chi connectivity index (χ4v) is 4.52. The molecule has 0 unspecified atom stereocenters. The molecule has 3 aromatic carbocycles. The molecule has 0 spiro atoms. The van der Waals surface area contributed by atoms with Crippen molar-refractivity contribution in [3.05, 3.63) is 111 Å². The van der Waals surface area contributed by atoms with Gasteiger partial charge in [-0.1, -0.05) is 36.4 Å². The van der Waals surface area contributed by atoms with Gasteiger partial charge in [-0.05, 0) is 54.8 Å². The topological polar surface area (TPSA) is 109 Å². The molecule has 2 heterocycles. The summed E-state index contributed by atoms with van der Waals surface area (Å²) in [4.78, 5) is 52.6. The van der Waals surface area contributed by atoms with Gasteiger partial charge in [0.2, 0.25) is 12.7 Å². The predicted octanol–water partition coefficient (Wildman–Crippen LogP) is 3.92. The molecule has 1 amide bonds. The van der Waals surface area contributed by atoms with Gasteiger partial charge in [0.15, 0.2) is 17.3 Å². The molecule has 9 heteroatoms. The first-order chi connectivity index (χ1) is 18.9. The Morgan fingerprint density at radius 2 is 1.74 bits per heavy atom. The van der Waals surface area contributed by atoms with Crippen molar-refractivity contribution in [3.63, 3.8) is 0 Å². The number of carbonyl (C=O) groups is 2. The summed E-state index contributed by atoms with van der Waals surface area (Å²) >= 11 is 0. The number of amides is 1. The van der Waals surface area contributed by atoms with Gasteiger partial charge in [0.25, 0.3) is 5.56 Å². The van der Waals surface area contributed by atoms with Crippen molar-refractivity contribution in [3.8, 4) is 11.5 Å². The smallest absolute Gasteiger partial charge is 0.331 e. The van der Waals surface area contributed by atoms with Gasteiger partial charge in [-0.15, -0.1) is 6.58 Å². The zero-order valence-corrected chi connectivity index (χ0v) is 21.2. The van der Waals surface area contributed by atoms with Gasteiger partial charge in [-0.2, -0.15) is 0 Å². The Morgan fingerprint density at radius 1 is 0.949 bits per heavy atom. The third kappa shape index (κ3) is 5.52. The summed E-state index contributed by atoms with van der Waals surface area (Å²) in [5, 5.41) is 3.01. The Hall–Kier alpha value is -4.92. The zero-order chi connectivity index (χ0) is 27.4. The van der Waals surface area contributed by atoms with Crippen molar-refractivity contribution in [2.45, 2.75) is 32.4 Å². The van der Waals surface area contributed by atoms with Crippen LogP contribution in [0.15, 0.2) is 89.0 Å². The summed E-state index contributed by atoms with van der Waals surface area (Å²) in [5.74, 6) is 0.736. The van der Waals surface area contributed by atoms with Crippen molar-refractivity contribution in [2.24, 2.45) is 0 Å². The first kappa shape index (κ1) is 25.7. The molecule has 1 aliphatic rings. The number of aryl methyl sites for hydroxylation is 1. The van der Waals surface area contributed by atoms with Crippen molar-refractivity contribution in [1.29, 1.82) is 0 Å². The van der Waals surface area contributed by atoms with Crippen LogP contribution in [0.5, 0.6) is 11.5 Å². The van der Waals surface area contributed by atoms with Crippen LogP contribution in [-0.4, -0.2) is 27.6 Å². The standard InChI is InChI=1S/C30H27N3O6/c1-2-3-15-32-29(36)23-12-11-21(25(34)13-9-20-10-14-26-27(16-20)39-19-38-26)17-24(23)33(30(32)37)18-28(35)31-22-7-5-4-6-8-22/h2,4-8,10-12,14,16-17H,1,3,9,13,15,18-19H2,(H,31,35). The molecule has 39 heavy (non-hydrogen) atoms. The van der Waals surface area contributed by atoms with E-state index in [9.17, 15) is 19.2 Å². The summed E-state index contributed by atoms with van der Waals surface area (Å²) in [6.45, 7) is 3.65. The van der Waals surface area contributed by atoms with Gasteiger partial charge >= 0.3 is 5.69 Å². The number of hydrogen-bond donors (Lipinski definition) is 1. The number of nitrogens with one attached hydrogen (secondary N) is 1. The molecule has 0 aliphatic carbocycles. The summed E-state index contributed by atoms with van der Waals surface area (Å²) in [7, 11) is 0. The number of ether oxygens (including phenoxy) is 2. The summed E-state index contributed by atoms with van der Waals surface area (Å²) in [6, 6.07) is 19.1. The lowest BCUT2D eigenvalue weighted by atomic mass is 10.0. The third-order valence-electron chi connectivity index (χ3n) is 6.54. The lowest BCUT2D eigenvalue weighted by molar-refractivity contribution is -0.116. The van der Waals surface area contributed by atoms with Gasteiger partial charge < -0.3 is 14.8 Å². The number of Topliss-reactive ketones (excluding diaryl/α,β-unsaturated/α-hetero) is 1. The molecule has 1 aromatic heterocycles. The lowest BCUT2D eigenvalue weighted by Gasteiger charge is -2.15. The van der Waals surface area contributed by atoms with E-state index in [0.717, 1.165) is 10.1 Å². The summed E-state index contributed by atoms with van der Waals surface area (Å²) in [5.41, 5.74) is 0.991. The Kier molecular flexibility index (Phi) is 7.40. The van der Waals surface area contributed by atoms with Crippen LogP contribution in [0.2, 0.25) is 0 Å². The first-order valence-electron chi connectivity index (χ1n) is 12.6. The lowest BCUT2D eigenvalue weighted by Crippen LogP contribution is -2.41. The Balaban J connectivity index is 1.46. The van der Waals surface area contributed by atoms with Crippen LogP contribution in [0.1, 0.15) is 28.8 Å². The van der Waals surface area contributed by atoms with Crippen LogP contribution >= 0.6 is 0 Å². The number of nitrogens with zero attached hydrogens (tertiary/aromatic N) is 2. The molecule has 198 valence electrons. The Bertz CT molecular complexity index is 1690. The van der Waals surface area contributed by atoms with Crippen molar-refractivity contribution < 1.29 is 19.1 Å². The second-order valence-electron chi connectivity index (χ2n) is 9.16. The van der Waals surface area contributed by atoms with Crippen LogP contribution in [-0.2, 0) is 24.3 Å². The molecule has 4 aromatic rings. The number of anilines is 1. The number of hydrogen-bond acceptors (Lipinski definition) is 6. The average Bonchev–Trinajstić information content (AvgIpc) is 3.42. The Morgan fingerprint density at radius 3 is 2.54 bits per heavy atom. The van der Waals surface area contributed by atoms with E-state index in [1.165, 1.54) is 10.6 Å². The van der Waals surface area contributed by atoms with Gasteiger partial charge in [0.05, 0.1) is 10.9 Å². The molecular weight excluding hydrogens is 498 g/mol. The highest BCUT2D eigenvalue weighted by Crippen LogP contribution is 2.32. The van der Waals surface area contributed by atoms with Crippen LogP contribution in [0, 0.1) is 0 Å². The maximum atomic E-state index is 13.4. The molecule has 1 N–H and O–H groups in total. The monoisotopic (exact) mass is 525 g/mol. The first-order valence-corrected chi connectivity index (χ1v) is 12.6. The van der Waals surface area contributed by atoms with E-state index in [2.05, 4.69) is 11.9 Å². The minimum atomic E-state index is -0.623. The number of carbonyl (C=O) groups excluding carboxylic acids is 2. The highest BCUT2D eigenvalue weighted by atomic mass is 16.7. The SMILES string of the molecule is C=CCCn1c(=O)c2ccc(C(=O)CCc3ccc4c(c3)OCO4)cc2n(CC(=O)Nc2ccccc2)c1=O. The van der Waals surface area contributed by atoms with Crippen LogP contribution in [0.4, 0.5) is 5.69 Å². The van der Waals surface area contributed by atoms with Gasteiger partial charge in [0.1, 0.15) is 6.54 Å². The molecule has 1 aliphatic heterocycles. The molecule has 0 fully saturated rings. The van der Waals surface area contributed by atoms with Gasteiger partial charge in [0, 0.05) is 24.2 Å². The number of ketones is 1. The van der Waals surface area contributed by atoms with Gasteiger partial charge in [-0.3, -0.25) is 23.5 Å². The fraction of sp³-hybridized carbons (Fsp3) is 0.200. The maximum Gasteiger partial charge on any atom is 0.331 e. The number of fused-ring (bicyclic) bond motifs is 2. The average molecular weight is 526 g/mol. The van der Waals surface area contributed by atoms with E-state index in [0.29, 0.717) is 35.6 Å². The van der Waals surface area contributed by atoms with E-state index in [4.69, 9.17) is 9.47 Å². The summed E-state index contributed by atoms with van der Waals surface area (Å²) in [6.07, 6.45) is 2.71. The van der Waals surface area contributed by atoms with Gasteiger partial charge in [-0.25, -0.2) is 4.79 Å². The van der Waals surface area contributed by atoms with Crippen LogP contribution in [0.25, 0.3) is 10.9 Å². The molecule has 0 atom stereocenters.